The molecule has 0 radical (unpaired) electrons. The summed E-state index contributed by atoms with van der Waals surface area (Å²) in [4.78, 5) is 22.7. The first-order valence-electron chi connectivity index (χ1n) is 5.66. The van der Waals surface area contributed by atoms with Crippen molar-refractivity contribution in [1.29, 1.82) is 0 Å². The van der Waals surface area contributed by atoms with E-state index in [0.29, 0.717) is 5.69 Å². The minimum atomic E-state index is -0.679. The molecule has 2 amide bonds. The first-order valence-corrected chi connectivity index (χ1v) is 5.66. The fourth-order valence-electron chi connectivity index (χ4n) is 1.42. The third-order valence-electron chi connectivity index (χ3n) is 2.67. The van der Waals surface area contributed by atoms with Crippen LogP contribution < -0.4 is 10.6 Å². The highest BCUT2D eigenvalue weighted by Gasteiger charge is 2.15. The highest BCUT2D eigenvalue weighted by molar-refractivity contribution is 5.92. The quantitative estimate of drug-likeness (QED) is 0.806. The minimum absolute atomic E-state index is 0.434. The molecule has 0 spiro atoms. The second-order valence-electron chi connectivity index (χ2n) is 4.14. The Kier molecular flexibility index (Phi) is 4.71. The van der Waals surface area contributed by atoms with Crippen molar-refractivity contribution in [3.8, 4) is 0 Å². The van der Waals surface area contributed by atoms with Gasteiger partial charge in [-0.3, -0.25) is 0 Å². The summed E-state index contributed by atoms with van der Waals surface area (Å²) in [6, 6.07) is 4.50. The van der Waals surface area contributed by atoms with E-state index < -0.39 is 18.0 Å². The topological polar surface area (TPSA) is 67.4 Å². The molecule has 0 aliphatic heterocycles. The number of benzene rings is 1. The van der Waals surface area contributed by atoms with Crippen LogP contribution in [-0.4, -0.2) is 25.2 Å². The number of nitrogens with one attached hydrogen (secondary N) is 2. The minimum Gasteiger partial charge on any atom is -0.467 e. The molecule has 1 atom stereocenters. The molecule has 98 valence electrons. The maximum atomic E-state index is 11.6. The van der Waals surface area contributed by atoms with Crippen molar-refractivity contribution in [3.63, 3.8) is 0 Å². The molecule has 0 aromatic heterocycles. The molecule has 0 fully saturated rings. The van der Waals surface area contributed by atoms with Crippen LogP contribution in [0.4, 0.5) is 10.5 Å². The van der Waals surface area contributed by atoms with Crippen LogP contribution in [0.15, 0.2) is 18.2 Å². The summed E-state index contributed by atoms with van der Waals surface area (Å²) < 4.78 is 4.52. The first kappa shape index (κ1) is 14.0. The van der Waals surface area contributed by atoms with Crippen LogP contribution in [0.25, 0.3) is 0 Å². The molecule has 1 rings (SSSR count). The van der Waals surface area contributed by atoms with Crippen LogP contribution in [0.1, 0.15) is 18.1 Å². The average Bonchev–Trinajstić information content (AvgIpc) is 2.32. The van der Waals surface area contributed by atoms with Gasteiger partial charge in [0.2, 0.25) is 0 Å². The van der Waals surface area contributed by atoms with Gasteiger partial charge in [0, 0.05) is 5.69 Å². The predicted octanol–water partition coefficient (Wildman–Crippen LogP) is 1.99. The Labute approximate surface area is 107 Å². The normalized spacial score (nSPS) is 11.6. The van der Waals surface area contributed by atoms with Crippen molar-refractivity contribution < 1.29 is 14.3 Å². The Morgan fingerprint density at radius 1 is 1.22 bits per heavy atom. The van der Waals surface area contributed by atoms with Crippen LogP contribution in [0.5, 0.6) is 0 Å². The van der Waals surface area contributed by atoms with E-state index in [9.17, 15) is 9.59 Å². The summed E-state index contributed by atoms with van der Waals surface area (Å²) >= 11 is 0. The molecule has 1 aromatic carbocycles. The number of urea groups is 1. The van der Waals surface area contributed by atoms with Gasteiger partial charge in [0.15, 0.2) is 0 Å². The van der Waals surface area contributed by atoms with Gasteiger partial charge in [0.25, 0.3) is 0 Å². The standard InChI is InChI=1S/C13H18N2O3/c1-8-5-6-11(7-9(8)2)15-13(17)14-10(3)12(16)18-4/h5-7,10H,1-4H3,(H2,14,15,17)/t10-/m1/s1. The van der Waals surface area contributed by atoms with Gasteiger partial charge < -0.3 is 15.4 Å². The van der Waals surface area contributed by atoms with Crippen LogP contribution >= 0.6 is 0 Å². The monoisotopic (exact) mass is 250 g/mol. The predicted molar refractivity (Wildman–Crippen MR) is 69.5 cm³/mol. The van der Waals surface area contributed by atoms with Gasteiger partial charge in [-0.25, -0.2) is 9.59 Å². The van der Waals surface area contributed by atoms with Gasteiger partial charge in [-0.05, 0) is 44.0 Å². The lowest BCUT2D eigenvalue weighted by Crippen LogP contribution is -2.41. The maximum absolute atomic E-state index is 11.6. The average molecular weight is 250 g/mol. The Balaban J connectivity index is 2.59. The maximum Gasteiger partial charge on any atom is 0.328 e. The molecule has 0 bridgehead atoms. The molecule has 0 saturated heterocycles. The molecule has 0 aliphatic carbocycles. The second-order valence-corrected chi connectivity index (χ2v) is 4.14. The Morgan fingerprint density at radius 3 is 2.44 bits per heavy atom. The number of methoxy groups -OCH3 is 1. The summed E-state index contributed by atoms with van der Waals surface area (Å²) in [5, 5.41) is 5.15. The summed E-state index contributed by atoms with van der Waals surface area (Å²) in [5.74, 6) is -0.481. The molecule has 0 aliphatic rings. The smallest absolute Gasteiger partial charge is 0.328 e. The van der Waals surface area contributed by atoms with Crippen molar-refractivity contribution in [2.24, 2.45) is 0 Å². The number of esters is 1. The molecule has 0 unspecified atom stereocenters. The van der Waals surface area contributed by atoms with Crippen molar-refractivity contribution in [2.75, 3.05) is 12.4 Å². The van der Waals surface area contributed by atoms with Crippen molar-refractivity contribution in [1.82, 2.24) is 5.32 Å². The first-order chi connectivity index (χ1) is 8.43. The van der Waals surface area contributed by atoms with Crippen LogP contribution in [0.2, 0.25) is 0 Å². The Hall–Kier alpha value is -2.04. The molecular formula is C13H18N2O3. The lowest BCUT2D eigenvalue weighted by molar-refractivity contribution is -0.142. The van der Waals surface area contributed by atoms with Crippen molar-refractivity contribution in [2.45, 2.75) is 26.8 Å². The molecular weight excluding hydrogens is 232 g/mol. The Morgan fingerprint density at radius 2 is 1.89 bits per heavy atom. The largest absolute Gasteiger partial charge is 0.467 e. The van der Waals surface area contributed by atoms with Gasteiger partial charge >= 0.3 is 12.0 Å². The van der Waals surface area contributed by atoms with Gasteiger partial charge in [0.05, 0.1) is 7.11 Å². The molecule has 5 nitrogen and oxygen atoms in total. The zero-order valence-corrected chi connectivity index (χ0v) is 11.0. The van der Waals surface area contributed by atoms with E-state index in [-0.39, 0.29) is 0 Å². The fraction of sp³-hybridized carbons (Fsp3) is 0.385. The molecule has 18 heavy (non-hydrogen) atoms. The van der Waals surface area contributed by atoms with Crippen LogP contribution in [0, 0.1) is 13.8 Å². The molecule has 5 heteroatoms. The van der Waals surface area contributed by atoms with E-state index in [1.807, 2.05) is 32.0 Å². The van der Waals surface area contributed by atoms with E-state index in [4.69, 9.17) is 0 Å². The number of carbonyl (C=O) groups is 2. The van der Waals surface area contributed by atoms with Crippen molar-refractivity contribution in [3.05, 3.63) is 29.3 Å². The zero-order chi connectivity index (χ0) is 13.7. The number of amides is 2. The number of aryl methyl sites for hydroxylation is 2. The number of ether oxygens (including phenoxy) is 1. The van der Waals surface area contributed by atoms with Gasteiger partial charge in [-0.2, -0.15) is 0 Å². The SMILES string of the molecule is COC(=O)[C@@H](C)NC(=O)Nc1ccc(C)c(C)c1. The molecule has 0 heterocycles. The third kappa shape index (κ3) is 3.76. The lowest BCUT2D eigenvalue weighted by Gasteiger charge is -2.13. The number of hydrogen-bond acceptors (Lipinski definition) is 3. The zero-order valence-electron chi connectivity index (χ0n) is 11.0. The third-order valence-corrected chi connectivity index (χ3v) is 2.67. The molecule has 2 N–H and O–H groups in total. The number of anilines is 1. The summed E-state index contributed by atoms with van der Waals surface area (Å²) in [6.45, 7) is 5.53. The highest BCUT2D eigenvalue weighted by atomic mass is 16.5. The molecule has 0 saturated carbocycles. The Bertz CT molecular complexity index is 458. The number of carbonyl (C=O) groups excluding carboxylic acids is 2. The molecule has 1 aromatic rings. The lowest BCUT2D eigenvalue weighted by atomic mass is 10.1. The van der Waals surface area contributed by atoms with E-state index in [1.165, 1.54) is 7.11 Å². The second kappa shape index (κ2) is 6.05. The summed E-state index contributed by atoms with van der Waals surface area (Å²) in [6.07, 6.45) is 0. The van der Waals surface area contributed by atoms with E-state index in [1.54, 1.807) is 6.92 Å². The van der Waals surface area contributed by atoms with E-state index in [0.717, 1.165) is 11.1 Å². The van der Waals surface area contributed by atoms with Crippen LogP contribution in [0.3, 0.4) is 0 Å². The van der Waals surface area contributed by atoms with Gasteiger partial charge in [-0.1, -0.05) is 6.07 Å². The number of hydrogen-bond donors (Lipinski definition) is 2. The summed E-state index contributed by atoms with van der Waals surface area (Å²) in [7, 11) is 1.28. The highest BCUT2D eigenvalue weighted by Crippen LogP contribution is 2.13. The van der Waals surface area contributed by atoms with Gasteiger partial charge in [0.1, 0.15) is 6.04 Å². The van der Waals surface area contributed by atoms with E-state index >= 15 is 0 Å². The van der Waals surface area contributed by atoms with Gasteiger partial charge in [-0.15, -0.1) is 0 Å². The number of rotatable bonds is 3. The summed E-state index contributed by atoms with van der Waals surface area (Å²) in [5.41, 5.74) is 2.94. The van der Waals surface area contributed by atoms with E-state index in [2.05, 4.69) is 15.4 Å². The van der Waals surface area contributed by atoms with Crippen LogP contribution in [-0.2, 0) is 9.53 Å². The fourth-order valence-corrected chi connectivity index (χ4v) is 1.42. The van der Waals surface area contributed by atoms with Crippen molar-refractivity contribution >= 4 is 17.7 Å².